The van der Waals surface area contributed by atoms with E-state index in [-0.39, 0.29) is 0 Å². The Morgan fingerprint density at radius 1 is 1.29 bits per heavy atom. The van der Waals surface area contributed by atoms with Crippen molar-refractivity contribution in [3.8, 4) is 0 Å². The molecule has 0 unspecified atom stereocenters. The maximum absolute atomic E-state index is 5.89. The van der Waals surface area contributed by atoms with Crippen LogP contribution in [0.4, 0.5) is 5.69 Å². The normalized spacial score (nSPS) is 16.4. The molecule has 1 aliphatic rings. The Hall–Kier alpha value is -0.690. The first kappa shape index (κ1) is 12.8. The molecular weight excluding hydrogens is 230 g/mol. The van der Waals surface area contributed by atoms with Crippen LogP contribution in [0.3, 0.4) is 0 Å². The van der Waals surface area contributed by atoms with E-state index in [1.165, 1.54) is 49.0 Å². The van der Waals surface area contributed by atoms with Gasteiger partial charge in [0.1, 0.15) is 0 Å². The maximum atomic E-state index is 5.89. The van der Waals surface area contributed by atoms with Crippen LogP contribution in [0.25, 0.3) is 0 Å². The van der Waals surface area contributed by atoms with Crippen molar-refractivity contribution < 1.29 is 0 Å². The second-order valence-corrected chi connectivity index (χ2v) is 5.54. The fourth-order valence-electron chi connectivity index (χ4n) is 2.75. The summed E-state index contributed by atoms with van der Waals surface area (Å²) >= 11 is 5.89. The zero-order valence-corrected chi connectivity index (χ0v) is 11.6. The van der Waals surface area contributed by atoms with Gasteiger partial charge in [-0.1, -0.05) is 18.9 Å². The van der Waals surface area contributed by atoms with E-state index in [0.29, 0.717) is 5.88 Å². The van der Waals surface area contributed by atoms with E-state index in [9.17, 15) is 0 Å². The summed E-state index contributed by atoms with van der Waals surface area (Å²) in [4.78, 5) is 2.39. The van der Waals surface area contributed by atoms with E-state index >= 15 is 0 Å². The molecule has 0 amide bonds. The number of aryl methyl sites for hydroxylation is 1. The van der Waals surface area contributed by atoms with Crippen LogP contribution in [0.15, 0.2) is 18.2 Å². The van der Waals surface area contributed by atoms with E-state index < -0.39 is 0 Å². The Morgan fingerprint density at radius 3 is 2.59 bits per heavy atom. The van der Waals surface area contributed by atoms with Crippen molar-refractivity contribution in [1.29, 1.82) is 0 Å². The quantitative estimate of drug-likeness (QED) is 0.719. The van der Waals surface area contributed by atoms with Gasteiger partial charge in [-0.2, -0.15) is 0 Å². The fraction of sp³-hybridized carbons (Fsp3) is 0.600. The van der Waals surface area contributed by atoms with Gasteiger partial charge >= 0.3 is 0 Å². The summed E-state index contributed by atoms with van der Waals surface area (Å²) in [6.07, 6.45) is 5.65. The first-order valence-electron chi connectivity index (χ1n) is 6.57. The largest absolute Gasteiger partial charge is 0.374 e. The van der Waals surface area contributed by atoms with Crippen molar-refractivity contribution in [2.24, 2.45) is 5.92 Å². The van der Waals surface area contributed by atoms with Crippen LogP contribution in [-0.2, 0) is 5.88 Å². The van der Waals surface area contributed by atoms with Gasteiger partial charge in [0.2, 0.25) is 0 Å². The summed E-state index contributed by atoms with van der Waals surface area (Å²) < 4.78 is 0. The van der Waals surface area contributed by atoms with Gasteiger partial charge in [-0.15, -0.1) is 11.6 Å². The molecule has 0 N–H and O–H groups in total. The molecule has 2 heteroatoms. The molecule has 1 fully saturated rings. The van der Waals surface area contributed by atoms with Crippen LogP contribution in [0.2, 0.25) is 0 Å². The highest BCUT2D eigenvalue weighted by Gasteiger charge is 2.17. The molecule has 0 aliphatic heterocycles. The summed E-state index contributed by atoms with van der Waals surface area (Å²) in [5.41, 5.74) is 3.86. The first-order valence-corrected chi connectivity index (χ1v) is 7.11. The summed E-state index contributed by atoms with van der Waals surface area (Å²) in [5, 5.41) is 0. The number of anilines is 1. The highest BCUT2D eigenvalue weighted by molar-refractivity contribution is 6.17. The molecule has 0 saturated heterocycles. The third-order valence-corrected chi connectivity index (χ3v) is 4.21. The number of halogens is 1. The van der Waals surface area contributed by atoms with Crippen molar-refractivity contribution in [3.05, 3.63) is 29.3 Å². The molecule has 0 spiro atoms. The zero-order valence-electron chi connectivity index (χ0n) is 10.9. The molecule has 0 atom stereocenters. The molecule has 0 bridgehead atoms. The molecule has 2 rings (SSSR count). The van der Waals surface area contributed by atoms with Crippen LogP contribution in [0, 0.1) is 12.8 Å². The third kappa shape index (κ3) is 3.16. The summed E-state index contributed by atoms with van der Waals surface area (Å²) in [5.74, 6) is 1.51. The highest BCUT2D eigenvalue weighted by atomic mass is 35.5. The van der Waals surface area contributed by atoms with Gasteiger partial charge < -0.3 is 4.90 Å². The average Bonchev–Trinajstić information content (AvgIpc) is 2.81. The number of hydrogen-bond donors (Lipinski definition) is 0. The molecule has 1 saturated carbocycles. The summed E-state index contributed by atoms with van der Waals surface area (Å²) in [7, 11) is 2.20. The van der Waals surface area contributed by atoms with Gasteiger partial charge in [0.05, 0.1) is 0 Å². The van der Waals surface area contributed by atoms with E-state index in [1.807, 2.05) is 0 Å². The third-order valence-electron chi connectivity index (χ3n) is 3.92. The summed E-state index contributed by atoms with van der Waals surface area (Å²) in [6.45, 7) is 3.34. The first-order chi connectivity index (χ1) is 8.20. The molecule has 0 aromatic heterocycles. The number of hydrogen-bond acceptors (Lipinski definition) is 1. The minimum absolute atomic E-state index is 0.610. The van der Waals surface area contributed by atoms with E-state index in [1.54, 1.807) is 0 Å². The predicted molar refractivity (Wildman–Crippen MR) is 76.0 cm³/mol. The Bertz CT molecular complexity index is 369. The van der Waals surface area contributed by atoms with E-state index in [0.717, 1.165) is 5.92 Å². The lowest BCUT2D eigenvalue weighted by atomic mass is 10.1. The molecule has 1 aromatic carbocycles. The lowest BCUT2D eigenvalue weighted by molar-refractivity contribution is 0.547. The standard InChI is InChI=1S/C15H22ClN/c1-12-9-15(8-7-14(12)10-16)17(2)11-13-5-3-4-6-13/h7-9,13H,3-6,10-11H2,1-2H3. The van der Waals surface area contributed by atoms with E-state index in [4.69, 9.17) is 11.6 Å². The SMILES string of the molecule is Cc1cc(N(C)CC2CCCC2)ccc1CCl. The zero-order chi connectivity index (χ0) is 12.3. The van der Waals surface area contributed by atoms with Gasteiger partial charge in [-0.25, -0.2) is 0 Å². The Labute approximate surface area is 110 Å². The topological polar surface area (TPSA) is 3.24 Å². The van der Waals surface area contributed by atoms with Gasteiger partial charge in [-0.3, -0.25) is 0 Å². The Kier molecular flexibility index (Phi) is 4.33. The highest BCUT2D eigenvalue weighted by Crippen LogP contribution is 2.27. The van der Waals surface area contributed by atoms with Crippen molar-refractivity contribution in [1.82, 2.24) is 0 Å². The van der Waals surface area contributed by atoms with Gasteiger partial charge in [-0.05, 0) is 48.9 Å². The molecule has 1 aromatic rings. The van der Waals surface area contributed by atoms with Crippen LogP contribution in [-0.4, -0.2) is 13.6 Å². The average molecular weight is 252 g/mol. The van der Waals surface area contributed by atoms with Crippen LogP contribution < -0.4 is 4.90 Å². The number of alkyl halides is 1. The Morgan fingerprint density at radius 2 is 2.00 bits per heavy atom. The van der Waals surface area contributed by atoms with Crippen molar-refractivity contribution in [3.63, 3.8) is 0 Å². The smallest absolute Gasteiger partial charge is 0.0476 e. The van der Waals surface area contributed by atoms with Crippen LogP contribution in [0.1, 0.15) is 36.8 Å². The van der Waals surface area contributed by atoms with E-state index in [2.05, 4.69) is 37.1 Å². The fourth-order valence-corrected chi connectivity index (χ4v) is 3.05. The number of rotatable bonds is 4. The second kappa shape index (κ2) is 5.77. The minimum atomic E-state index is 0.610. The maximum Gasteiger partial charge on any atom is 0.0476 e. The Balaban J connectivity index is 2.02. The van der Waals surface area contributed by atoms with Gasteiger partial charge in [0, 0.05) is 25.2 Å². The molecular formula is C15H22ClN. The molecule has 0 heterocycles. The van der Waals surface area contributed by atoms with Gasteiger partial charge in [0.15, 0.2) is 0 Å². The van der Waals surface area contributed by atoms with Gasteiger partial charge in [0.25, 0.3) is 0 Å². The molecule has 17 heavy (non-hydrogen) atoms. The predicted octanol–water partition coefficient (Wildman–Crippen LogP) is 4.36. The second-order valence-electron chi connectivity index (χ2n) is 5.28. The minimum Gasteiger partial charge on any atom is -0.374 e. The van der Waals surface area contributed by atoms with Crippen LogP contribution in [0.5, 0.6) is 0 Å². The molecule has 1 nitrogen and oxygen atoms in total. The number of nitrogens with zero attached hydrogens (tertiary/aromatic N) is 1. The monoisotopic (exact) mass is 251 g/mol. The number of benzene rings is 1. The van der Waals surface area contributed by atoms with Crippen molar-refractivity contribution in [2.75, 3.05) is 18.5 Å². The molecule has 1 aliphatic carbocycles. The van der Waals surface area contributed by atoms with Crippen molar-refractivity contribution >= 4 is 17.3 Å². The van der Waals surface area contributed by atoms with Crippen LogP contribution >= 0.6 is 11.6 Å². The lowest BCUT2D eigenvalue weighted by Gasteiger charge is -2.24. The molecule has 0 radical (unpaired) electrons. The van der Waals surface area contributed by atoms with Crippen molar-refractivity contribution in [2.45, 2.75) is 38.5 Å². The lowest BCUT2D eigenvalue weighted by Crippen LogP contribution is -2.24. The summed E-state index contributed by atoms with van der Waals surface area (Å²) in [6, 6.07) is 6.61. The molecule has 94 valence electrons.